The molecule has 0 radical (unpaired) electrons. The highest BCUT2D eigenvalue weighted by Gasteiger charge is 2.39. The lowest BCUT2D eigenvalue weighted by Crippen LogP contribution is -2.44. The SMILES string of the molecule is COC(=O)[C@H](C)NC(=O)C(Cc1ccc(-c2ccccc2)cc1)CP(=O)(O)[C@@H](NC(=O)OCc1ccccc1)c1ccsc1. The summed E-state index contributed by atoms with van der Waals surface area (Å²) in [6.07, 6.45) is -1.21. The third kappa shape index (κ3) is 9.13. The van der Waals surface area contributed by atoms with E-state index in [9.17, 15) is 23.8 Å². The number of hydrogen-bond donors (Lipinski definition) is 3. The van der Waals surface area contributed by atoms with Crippen LogP contribution in [-0.2, 0) is 36.7 Å². The second kappa shape index (κ2) is 15.5. The zero-order valence-electron chi connectivity index (χ0n) is 24.4. The van der Waals surface area contributed by atoms with Crippen molar-refractivity contribution in [3.63, 3.8) is 0 Å². The molecule has 0 bridgehead atoms. The van der Waals surface area contributed by atoms with Gasteiger partial charge in [0.15, 0.2) is 0 Å². The molecule has 3 N–H and O–H groups in total. The Morgan fingerprint density at radius 3 is 2.11 bits per heavy atom. The predicted molar refractivity (Wildman–Crippen MR) is 170 cm³/mol. The van der Waals surface area contributed by atoms with E-state index in [-0.39, 0.29) is 13.0 Å². The number of esters is 1. The van der Waals surface area contributed by atoms with Gasteiger partial charge in [-0.1, -0.05) is 84.9 Å². The van der Waals surface area contributed by atoms with Crippen LogP contribution < -0.4 is 10.6 Å². The maximum atomic E-state index is 14.1. The molecule has 230 valence electrons. The smallest absolute Gasteiger partial charge is 0.408 e. The summed E-state index contributed by atoms with van der Waals surface area (Å²) < 4.78 is 24.1. The first-order chi connectivity index (χ1) is 21.2. The highest BCUT2D eigenvalue weighted by Crippen LogP contribution is 2.56. The van der Waals surface area contributed by atoms with E-state index in [0.29, 0.717) is 5.56 Å². The van der Waals surface area contributed by atoms with Crippen LogP contribution in [0.5, 0.6) is 0 Å². The molecule has 0 spiro atoms. The summed E-state index contributed by atoms with van der Waals surface area (Å²) in [5, 5.41) is 8.57. The zero-order valence-corrected chi connectivity index (χ0v) is 26.1. The van der Waals surface area contributed by atoms with Crippen molar-refractivity contribution in [2.24, 2.45) is 5.92 Å². The maximum absolute atomic E-state index is 14.1. The van der Waals surface area contributed by atoms with Crippen molar-refractivity contribution >= 4 is 36.7 Å². The highest BCUT2D eigenvalue weighted by atomic mass is 32.1. The summed E-state index contributed by atoms with van der Waals surface area (Å²) in [4.78, 5) is 49.8. The summed E-state index contributed by atoms with van der Waals surface area (Å²) >= 11 is 1.31. The molecular weight excluding hydrogens is 599 g/mol. The molecule has 1 heterocycles. The first-order valence-corrected chi connectivity index (χ1v) is 16.9. The highest BCUT2D eigenvalue weighted by molar-refractivity contribution is 7.58. The van der Waals surface area contributed by atoms with Crippen LogP contribution in [0.25, 0.3) is 11.1 Å². The van der Waals surface area contributed by atoms with Crippen LogP contribution >= 0.6 is 18.7 Å². The van der Waals surface area contributed by atoms with E-state index in [0.717, 1.165) is 22.3 Å². The van der Waals surface area contributed by atoms with Gasteiger partial charge in [-0.05, 0) is 58.0 Å². The number of rotatable bonds is 13. The van der Waals surface area contributed by atoms with Gasteiger partial charge in [-0.15, -0.1) is 0 Å². The van der Waals surface area contributed by atoms with E-state index in [1.807, 2.05) is 72.8 Å². The molecule has 2 amide bonds. The number of benzene rings is 3. The van der Waals surface area contributed by atoms with Crippen LogP contribution in [0.4, 0.5) is 4.79 Å². The summed E-state index contributed by atoms with van der Waals surface area (Å²) in [5.41, 5.74) is 3.96. The van der Waals surface area contributed by atoms with Crippen LogP contribution in [0.1, 0.15) is 29.4 Å². The van der Waals surface area contributed by atoms with E-state index in [1.54, 1.807) is 29.0 Å². The number of alkyl carbamates (subject to hydrolysis) is 1. The molecule has 44 heavy (non-hydrogen) atoms. The number of methoxy groups -OCH3 is 1. The molecule has 9 nitrogen and oxygen atoms in total. The molecule has 0 saturated heterocycles. The third-order valence-electron chi connectivity index (χ3n) is 7.04. The Bertz CT molecular complexity index is 1560. The molecule has 3 aromatic carbocycles. The number of carbonyl (C=O) groups is 3. The first-order valence-electron chi connectivity index (χ1n) is 14.0. The largest absolute Gasteiger partial charge is 0.467 e. The Morgan fingerprint density at radius 1 is 0.864 bits per heavy atom. The minimum atomic E-state index is -4.30. The fourth-order valence-electron chi connectivity index (χ4n) is 4.70. The average Bonchev–Trinajstić information content (AvgIpc) is 3.57. The Labute approximate surface area is 260 Å². The van der Waals surface area contributed by atoms with Gasteiger partial charge in [-0.2, -0.15) is 11.3 Å². The van der Waals surface area contributed by atoms with Gasteiger partial charge in [0.25, 0.3) is 0 Å². The third-order valence-corrected chi connectivity index (χ3v) is 9.94. The number of carbonyl (C=O) groups excluding carboxylic acids is 3. The number of thiophene rings is 1. The number of amides is 2. The number of ether oxygens (including phenoxy) is 2. The van der Waals surface area contributed by atoms with Crippen LogP contribution in [0.15, 0.2) is 102 Å². The molecule has 0 aliphatic rings. The van der Waals surface area contributed by atoms with Gasteiger partial charge in [0.05, 0.1) is 13.0 Å². The van der Waals surface area contributed by atoms with E-state index in [4.69, 9.17) is 9.47 Å². The van der Waals surface area contributed by atoms with Gasteiger partial charge in [0.1, 0.15) is 18.4 Å². The average molecular weight is 635 g/mol. The summed E-state index contributed by atoms with van der Waals surface area (Å²) in [5.74, 6) is -3.55. The molecule has 4 aromatic rings. The molecule has 11 heteroatoms. The Hall–Kier alpha value is -4.24. The predicted octanol–water partition coefficient (Wildman–Crippen LogP) is 6.15. The molecule has 4 atom stereocenters. The molecule has 2 unspecified atom stereocenters. The number of hydrogen-bond acceptors (Lipinski definition) is 7. The molecule has 4 rings (SSSR count). The summed E-state index contributed by atoms with van der Waals surface area (Å²) in [6, 6.07) is 27.1. The van der Waals surface area contributed by atoms with Crippen LogP contribution in [-0.4, -0.2) is 42.2 Å². The van der Waals surface area contributed by atoms with Crippen molar-refractivity contribution in [1.82, 2.24) is 10.6 Å². The summed E-state index contributed by atoms with van der Waals surface area (Å²) in [7, 11) is -3.09. The van der Waals surface area contributed by atoms with Gasteiger partial charge in [0, 0.05) is 6.16 Å². The molecule has 0 aliphatic heterocycles. The van der Waals surface area contributed by atoms with Crippen molar-refractivity contribution in [1.29, 1.82) is 0 Å². The van der Waals surface area contributed by atoms with Gasteiger partial charge < -0.3 is 25.0 Å². The lowest BCUT2D eigenvalue weighted by Gasteiger charge is -2.27. The fourth-order valence-corrected chi connectivity index (χ4v) is 7.56. The number of nitrogens with one attached hydrogen (secondary N) is 2. The van der Waals surface area contributed by atoms with Crippen molar-refractivity contribution in [2.45, 2.75) is 31.8 Å². The first kappa shape index (κ1) is 32.7. The maximum Gasteiger partial charge on any atom is 0.408 e. The monoisotopic (exact) mass is 634 g/mol. The fraction of sp³-hybridized carbons (Fsp3) is 0.242. The molecule has 0 fully saturated rings. The van der Waals surface area contributed by atoms with Crippen molar-refractivity contribution in [3.05, 3.63) is 118 Å². The zero-order chi connectivity index (χ0) is 31.5. The van der Waals surface area contributed by atoms with Gasteiger partial charge in [0.2, 0.25) is 13.3 Å². The second-order valence-electron chi connectivity index (χ2n) is 10.3. The van der Waals surface area contributed by atoms with Crippen molar-refractivity contribution < 1.29 is 33.3 Å². The molecule has 0 aliphatic carbocycles. The molecule has 0 saturated carbocycles. The normalized spacial score (nSPS) is 14.3. The minimum Gasteiger partial charge on any atom is -0.467 e. The topological polar surface area (TPSA) is 131 Å². The van der Waals surface area contributed by atoms with Crippen LogP contribution in [0, 0.1) is 5.92 Å². The Kier molecular flexibility index (Phi) is 11.5. The Morgan fingerprint density at radius 2 is 1.50 bits per heavy atom. The molecule has 1 aromatic heterocycles. The van der Waals surface area contributed by atoms with Gasteiger partial charge in [-0.25, -0.2) is 9.59 Å². The van der Waals surface area contributed by atoms with E-state index in [2.05, 4.69) is 10.6 Å². The quantitative estimate of drug-likeness (QED) is 0.119. The minimum absolute atomic E-state index is 0.0197. The van der Waals surface area contributed by atoms with E-state index < -0.39 is 49.2 Å². The van der Waals surface area contributed by atoms with Crippen LogP contribution in [0.2, 0.25) is 0 Å². The van der Waals surface area contributed by atoms with Gasteiger partial charge >= 0.3 is 12.1 Å². The molecular formula is C33H35N2O7PS. The lowest BCUT2D eigenvalue weighted by molar-refractivity contribution is -0.144. The van der Waals surface area contributed by atoms with Gasteiger partial charge in [-0.3, -0.25) is 9.36 Å². The van der Waals surface area contributed by atoms with E-state index >= 15 is 0 Å². The Balaban J connectivity index is 1.55. The van der Waals surface area contributed by atoms with Crippen molar-refractivity contribution in [2.75, 3.05) is 13.3 Å². The van der Waals surface area contributed by atoms with Crippen LogP contribution in [0.3, 0.4) is 0 Å². The lowest BCUT2D eigenvalue weighted by atomic mass is 9.97. The van der Waals surface area contributed by atoms with Crippen molar-refractivity contribution in [3.8, 4) is 11.1 Å². The van der Waals surface area contributed by atoms with E-state index in [1.165, 1.54) is 25.4 Å². The second-order valence-corrected chi connectivity index (χ2v) is 13.5. The summed E-state index contributed by atoms with van der Waals surface area (Å²) in [6.45, 7) is 1.46. The standard InChI is InChI=1S/C33H35N2O7PS/c1-23(32(37)41-2)34-30(36)29(19-24-13-15-27(16-14-24)26-11-7-4-8-12-26)21-43(39,40)31(28-17-18-44-22-28)35-33(38)42-20-25-9-5-3-6-10-25/h3-18,22-23,29,31H,19-21H2,1-2H3,(H,34,36)(H,35,38)(H,39,40)/t23-,29?,31+/m0/s1.